The molecule has 1 fully saturated rings. The van der Waals surface area contributed by atoms with Gasteiger partial charge in [-0.1, -0.05) is 50.2 Å². The summed E-state index contributed by atoms with van der Waals surface area (Å²) in [6.07, 6.45) is 3.56. The number of ether oxygens (including phenoxy) is 1. The lowest BCUT2D eigenvalue weighted by molar-refractivity contribution is -0.140. The van der Waals surface area contributed by atoms with Gasteiger partial charge in [0, 0.05) is 30.8 Å². The van der Waals surface area contributed by atoms with E-state index in [0.29, 0.717) is 12.8 Å². The number of pyridine rings is 1. The number of hydrogen-bond acceptors (Lipinski definition) is 6. The van der Waals surface area contributed by atoms with E-state index in [-0.39, 0.29) is 25.0 Å². The summed E-state index contributed by atoms with van der Waals surface area (Å²) in [5, 5.41) is 8.00. The number of benzene rings is 1. The quantitative estimate of drug-likeness (QED) is 0.367. The van der Waals surface area contributed by atoms with Gasteiger partial charge in [-0.3, -0.25) is 19.4 Å². The molecule has 1 saturated carbocycles. The van der Waals surface area contributed by atoms with Crippen molar-refractivity contribution in [3.8, 4) is 0 Å². The fraction of sp³-hybridized carbons (Fsp3) is 0.444. The lowest BCUT2D eigenvalue weighted by atomic mass is 9.99. The van der Waals surface area contributed by atoms with Crippen molar-refractivity contribution in [2.75, 3.05) is 6.61 Å². The van der Waals surface area contributed by atoms with Crippen molar-refractivity contribution in [3.63, 3.8) is 0 Å². The lowest BCUT2D eigenvalue weighted by Gasteiger charge is -2.23. The molecule has 0 saturated heterocycles. The average molecular weight is 495 g/mol. The van der Waals surface area contributed by atoms with Gasteiger partial charge in [0.25, 0.3) is 5.91 Å². The highest BCUT2D eigenvalue weighted by molar-refractivity contribution is 6.38. The number of aromatic nitrogens is 1. The molecule has 1 heterocycles. The number of amides is 3. The molecule has 3 amide bonds. The Morgan fingerprint density at radius 2 is 1.69 bits per heavy atom. The van der Waals surface area contributed by atoms with Gasteiger partial charge in [0.15, 0.2) is 0 Å². The third kappa shape index (κ3) is 9.13. The minimum Gasteiger partial charge on any atom is -0.449 e. The summed E-state index contributed by atoms with van der Waals surface area (Å²) in [7, 11) is 0. The van der Waals surface area contributed by atoms with E-state index in [1.54, 1.807) is 12.3 Å². The fourth-order valence-electron chi connectivity index (χ4n) is 3.65. The van der Waals surface area contributed by atoms with Crippen molar-refractivity contribution in [2.45, 2.75) is 64.1 Å². The van der Waals surface area contributed by atoms with Crippen LogP contribution in [0.4, 0.5) is 4.79 Å². The third-order valence-corrected chi connectivity index (χ3v) is 5.69. The first kappa shape index (κ1) is 26.8. The zero-order chi connectivity index (χ0) is 25.9. The molecule has 2 aromatic rings. The molecular weight excluding hydrogens is 460 g/mol. The van der Waals surface area contributed by atoms with Crippen LogP contribution in [0.2, 0.25) is 0 Å². The number of hydrogen-bond donors (Lipinski definition) is 3. The standard InChI is InChI=1S/C27H34N4O5/c1-18(2)16-23(31-27(35)36-15-13-20-10-6-7-14-28-20)25(33)30-22(17-19-8-4-3-5-9-19)24(32)26(34)29-21-11-12-21/h3-10,14,18,21-23H,11-13,15-17H2,1-2H3,(H,29,34)(H,30,33)(H,31,35). The highest BCUT2D eigenvalue weighted by atomic mass is 16.5. The zero-order valence-corrected chi connectivity index (χ0v) is 20.7. The monoisotopic (exact) mass is 494 g/mol. The van der Waals surface area contributed by atoms with Crippen LogP contribution < -0.4 is 16.0 Å². The first-order valence-corrected chi connectivity index (χ1v) is 12.3. The maximum absolute atomic E-state index is 13.2. The van der Waals surface area contributed by atoms with Crippen LogP contribution in [0.5, 0.6) is 0 Å². The van der Waals surface area contributed by atoms with Crippen molar-refractivity contribution < 1.29 is 23.9 Å². The van der Waals surface area contributed by atoms with Gasteiger partial charge in [-0.25, -0.2) is 4.79 Å². The third-order valence-electron chi connectivity index (χ3n) is 5.69. The van der Waals surface area contributed by atoms with Crippen LogP contribution in [0.15, 0.2) is 54.7 Å². The second kappa shape index (κ2) is 13.4. The molecule has 3 N–H and O–H groups in total. The molecule has 9 nitrogen and oxygen atoms in total. The second-order valence-electron chi connectivity index (χ2n) is 9.40. The van der Waals surface area contributed by atoms with E-state index in [4.69, 9.17) is 4.74 Å². The highest BCUT2D eigenvalue weighted by Crippen LogP contribution is 2.18. The van der Waals surface area contributed by atoms with Crippen molar-refractivity contribution in [3.05, 3.63) is 66.0 Å². The lowest BCUT2D eigenvalue weighted by Crippen LogP contribution is -2.55. The summed E-state index contributed by atoms with van der Waals surface area (Å²) < 4.78 is 5.24. The first-order chi connectivity index (χ1) is 17.3. The molecule has 3 rings (SSSR count). The van der Waals surface area contributed by atoms with Gasteiger partial charge in [0.05, 0.1) is 6.61 Å². The Kier molecular flexibility index (Phi) is 9.97. The summed E-state index contributed by atoms with van der Waals surface area (Å²) in [5.74, 6) is -1.88. The highest BCUT2D eigenvalue weighted by Gasteiger charge is 2.33. The van der Waals surface area contributed by atoms with Gasteiger partial charge in [0.2, 0.25) is 11.7 Å². The average Bonchev–Trinajstić information content (AvgIpc) is 3.67. The van der Waals surface area contributed by atoms with E-state index < -0.39 is 35.8 Å². The van der Waals surface area contributed by atoms with Gasteiger partial charge in [0.1, 0.15) is 12.1 Å². The number of ketones is 1. The molecule has 2 unspecified atom stereocenters. The van der Waals surface area contributed by atoms with Crippen molar-refractivity contribution in [1.82, 2.24) is 20.9 Å². The largest absolute Gasteiger partial charge is 0.449 e. The minimum absolute atomic E-state index is 0.0192. The van der Waals surface area contributed by atoms with Crippen LogP contribution in [0.1, 0.15) is 44.4 Å². The SMILES string of the molecule is CC(C)CC(NC(=O)OCCc1ccccn1)C(=O)NC(Cc1ccccc1)C(=O)C(=O)NC1CC1. The Bertz CT molecular complexity index is 1020. The predicted molar refractivity (Wildman–Crippen MR) is 134 cm³/mol. The molecule has 192 valence electrons. The number of rotatable bonds is 13. The number of carbonyl (C=O) groups is 4. The number of carbonyl (C=O) groups excluding carboxylic acids is 4. The number of nitrogens with zero attached hydrogens (tertiary/aromatic N) is 1. The molecule has 36 heavy (non-hydrogen) atoms. The molecule has 1 aromatic carbocycles. The van der Waals surface area contributed by atoms with Gasteiger partial charge in [-0.15, -0.1) is 0 Å². The topological polar surface area (TPSA) is 126 Å². The van der Waals surface area contributed by atoms with Crippen molar-refractivity contribution in [2.24, 2.45) is 5.92 Å². The van der Waals surface area contributed by atoms with E-state index in [1.165, 1.54) is 0 Å². The normalized spacial score (nSPS) is 14.4. The van der Waals surface area contributed by atoms with Gasteiger partial charge < -0.3 is 20.7 Å². The maximum atomic E-state index is 13.2. The molecule has 0 radical (unpaired) electrons. The summed E-state index contributed by atoms with van der Waals surface area (Å²) in [6, 6.07) is 12.7. The van der Waals surface area contributed by atoms with Crippen LogP contribution in [0.3, 0.4) is 0 Å². The number of nitrogens with one attached hydrogen (secondary N) is 3. The molecule has 1 aromatic heterocycles. The summed E-state index contributed by atoms with van der Waals surface area (Å²) in [4.78, 5) is 55.2. The maximum Gasteiger partial charge on any atom is 0.407 e. The summed E-state index contributed by atoms with van der Waals surface area (Å²) in [5.41, 5.74) is 1.59. The molecule has 1 aliphatic carbocycles. The molecule has 2 atom stereocenters. The number of Topliss-reactive ketones (excluding diaryl/α,β-unsaturated/α-hetero) is 1. The molecule has 0 spiro atoms. The predicted octanol–water partition coefficient (Wildman–Crippen LogP) is 2.34. The Morgan fingerprint density at radius 3 is 2.33 bits per heavy atom. The van der Waals surface area contributed by atoms with Gasteiger partial charge in [-0.2, -0.15) is 0 Å². The van der Waals surface area contributed by atoms with Gasteiger partial charge in [-0.05, 0) is 42.9 Å². The van der Waals surface area contributed by atoms with E-state index in [0.717, 1.165) is 24.1 Å². The smallest absolute Gasteiger partial charge is 0.407 e. The number of alkyl carbamates (subject to hydrolysis) is 1. The van der Waals surface area contributed by atoms with Crippen LogP contribution in [0, 0.1) is 5.92 Å². The van der Waals surface area contributed by atoms with E-state index in [1.807, 2.05) is 56.3 Å². The van der Waals surface area contributed by atoms with Crippen LogP contribution in [-0.4, -0.2) is 53.4 Å². The second-order valence-corrected chi connectivity index (χ2v) is 9.40. The van der Waals surface area contributed by atoms with E-state index in [9.17, 15) is 19.2 Å². The minimum atomic E-state index is -1.06. The summed E-state index contributed by atoms with van der Waals surface area (Å²) in [6.45, 7) is 3.95. The molecular formula is C27H34N4O5. The fourth-order valence-corrected chi connectivity index (χ4v) is 3.65. The van der Waals surface area contributed by atoms with Gasteiger partial charge >= 0.3 is 6.09 Å². The van der Waals surface area contributed by atoms with Crippen LogP contribution in [0.25, 0.3) is 0 Å². The Morgan fingerprint density at radius 1 is 0.972 bits per heavy atom. The van der Waals surface area contributed by atoms with Crippen LogP contribution >= 0.6 is 0 Å². The van der Waals surface area contributed by atoms with Crippen molar-refractivity contribution >= 4 is 23.7 Å². The molecule has 0 bridgehead atoms. The Hall–Kier alpha value is -3.75. The molecule has 1 aliphatic rings. The first-order valence-electron chi connectivity index (χ1n) is 12.3. The van der Waals surface area contributed by atoms with Crippen LogP contribution in [-0.2, 0) is 32.0 Å². The molecule has 9 heteroatoms. The Balaban J connectivity index is 1.63. The van der Waals surface area contributed by atoms with E-state index >= 15 is 0 Å². The van der Waals surface area contributed by atoms with E-state index in [2.05, 4.69) is 20.9 Å². The zero-order valence-electron chi connectivity index (χ0n) is 20.7. The Labute approximate surface area is 211 Å². The van der Waals surface area contributed by atoms with Crippen molar-refractivity contribution in [1.29, 1.82) is 0 Å². The molecule has 0 aliphatic heterocycles. The summed E-state index contributed by atoms with van der Waals surface area (Å²) >= 11 is 0.